The van der Waals surface area contributed by atoms with E-state index in [-0.39, 0.29) is 0 Å². The van der Waals surface area contributed by atoms with Crippen LogP contribution in [0.4, 0.5) is 34.4 Å². The molecule has 4 rings (SSSR count). The van der Waals surface area contributed by atoms with Gasteiger partial charge in [-0.2, -0.15) is 0 Å². The Morgan fingerprint density at radius 2 is 0.815 bits per heavy atom. The molecule has 6 heteroatoms. The number of para-hydroxylation sites is 3. The number of hydrogen-bond acceptors (Lipinski definition) is 6. The maximum atomic E-state index is 4.20. The number of anilines is 6. The predicted octanol–water partition coefficient (Wildman–Crippen LogP) is 5.10. The van der Waals surface area contributed by atoms with Gasteiger partial charge in [0.15, 0.2) is 11.6 Å². The molecule has 0 unspecified atom stereocenters. The molecule has 3 N–H and O–H groups in total. The third kappa shape index (κ3) is 4.19. The summed E-state index contributed by atoms with van der Waals surface area (Å²) in [6, 6.07) is 29.6. The second kappa shape index (κ2) is 7.97. The lowest BCUT2D eigenvalue weighted by Crippen LogP contribution is -2.07. The molecule has 0 spiro atoms. The molecule has 0 bridgehead atoms. The Labute approximate surface area is 157 Å². The van der Waals surface area contributed by atoms with Gasteiger partial charge in [-0.3, -0.25) is 0 Å². The Balaban J connectivity index is 1.72. The van der Waals surface area contributed by atoms with E-state index in [4.69, 9.17) is 0 Å². The van der Waals surface area contributed by atoms with E-state index in [1.807, 2.05) is 91.0 Å². The predicted molar refractivity (Wildman–Crippen MR) is 109 cm³/mol. The molecular formula is C21H18N6. The van der Waals surface area contributed by atoms with E-state index < -0.39 is 0 Å². The Morgan fingerprint density at radius 1 is 0.444 bits per heavy atom. The van der Waals surface area contributed by atoms with Crippen molar-refractivity contribution in [2.75, 3.05) is 16.0 Å². The number of rotatable bonds is 6. The Kier molecular flexibility index (Phi) is 4.88. The molecule has 0 aliphatic rings. The minimum absolute atomic E-state index is 0.582. The molecule has 1 heterocycles. The number of nitrogens with zero attached hydrogens (tertiary/aromatic N) is 3. The second-order valence-electron chi connectivity index (χ2n) is 5.83. The van der Waals surface area contributed by atoms with Gasteiger partial charge in [-0.15, -0.1) is 10.2 Å². The molecule has 27 heavy (non-hydrogen) atoms. The van der Waals surface area contributed by atoms with Gasteiger partial charge in [0.05, 0.1) is 0 Å². The summed E-state index contributed by atoms with van der Waals surface area (Å²) in [6.07, 6.45) is 0. The number of benzene rings is 3. The van der Waals surface area contributed by atoms with Gasteiger partial charge < -0.3 is 16.0 Å². The fraction of sp³-hybridized carbons (Fsp3) is 0. The van der Waals surface area contributed by atoms with Crippen LogP contribution in [0.1, 0.15) is 0 Å². The molecule has 132 valence electrons. The van der Waals surface area contributed by atoms with E-state index in [0.29, 0.717) is 17.3 Å². The molecule has 0 aliphatic carbocycles. The van der Waals surface area contributed by atoms with Gasteiger partial charge in [0.1, 0.15) is 5.69 Å². The first-order chi connectivity index (χ1) is 13.4. The zero-order valence-corrected chi connectivity index (χ0v) is 14.5. The Hall–Kier alpha value is -3.93. The highest BCUT2D eigenvalue weighted by Gasteiger charge is 2.14. The lowest BCUT2D eigenvalue weighted by Gasteiger charge is -2.16. The van der Waals surface area contributed by atoms with Crippen molar-refractivity contribution in [2.24, 2.45) is 0 Å². The highest BCUT2D eigenvalue weighted by molar-refractivity contribution is 5.85. The molecule has 6 nitrogen and oxygen atoms in total. The molecule has 0 saturated heterocycles. The van der Waals surface area contributed by atoms with E-state index in [0.717, 1.165) is 17.1 Å². The average Bonchev–Trinajstić information content (AvgIpc) is 2.73. The second-order valence-corrected chi connectivity index (χ2v) is 5.83. The van der Waals surface area contributed by atoms with Gasteiger partial charge in [-0.05, 0) is 41.6 Å². The van der Waals surface area contributed by atoms with Crippen LogP contribution in [0.3, 0.4) is 0 Å². The van der Waals surface area contributed by atoms with Crippen LogP contribution in [0.5, 0.6) is 0 Å². The quantitative estimate of drug-likeness (QED) is 0.447. The van der Waals surface area contributed by atoms with Crippen molar-refractivity contribution >= 4 is 34.4 Å². The zero-order chi connectivity index (χ0) is 18.3. The van der Waals surface area contributed by atoms with Crippen molar-refractivity contribution in [3.8, 4) is 0 Å². The van der Waals surface area contributed by atoms with Gasteiger partial charge in [-0.1, -0.05) is 54.6 Å². The highest BCUT2D eigenvalue weighted by Crippen LogP contribution is 2.32. The average molecular weight is 354 g/mol. The summed E-state index contributed by atoms with van der Waals surface area (Å²) in [5.41, 5.74) is 3.47. The molecule has 3 aromatic carbocycles. The molecule has 1 aromatic heterocycles. The standard InChI is InChI=1S/C21H18N6/c1-4-10-16(11-5-1)22-19-20(23-17-12-6-2-7-13-17)25-27-26-21(19)24-18-14-8-3-9-15-18/h1-15H,(H,22,27)(H2,23,24,25,26). The summed E-state index contributed by atoms with van der Waals surface area (Å²) >= 11 is 0. The van der Waals surface area contributed by atoms with E-state index in [1.165, 1.54) is 0 Å². The molecular weight excluding hydrogens is 336 g/mol. The van der Waals surface area contributed by atoms with Gasteiger partial charge >= 0.3 is 0 Å². The zero-order valence-electron chi connectivity index (χ0n) is 14.5. The van der Waals surface area contributed by atoms with Gasteiger partial charge in [-0.25, -0.2) is 0 Å². The fourth-order valence-corrected chi connectivity index (χ4v) is 2.60. The van der Waals surface area contributed by atoms with E-state index in [1.54, 1.807) is 0 Å². The van der Waals surface area contributed by atoms with Gasteiger partial charge in [0.2, 0.25) is 0 Å². The summed E-state index contributed by atoms with van der Waals surface area (Å²) in [6.45, 7) is 0. The summed E-state index contributed by atoms with van der Waals surface area (Å²) in [5, 5.41) is 22.3. The topological polar surface area (TPSA) is 74.8 Å². The van der Waals surface area contributed by atoms with Crippen molar-refractivity contribution in [3.63, 3.8) is 0 Å². The highest BCUT2D eigenvalue weighted by atomic mass is 15.4. The maximum absolute atomic E-state index is 4.20. The van der Waals surface area contributed by atoms with Crippen LogP contribution in [0.2, 0.25) is 0 Å². The lowest BCUT2D eigenvalue weighted by atomic mass is 10.2. The SMILES string of the molecule is c1ccc(Nc2nnnc(Nc3ccccc3)c2Nc2ccccc2)cc1. The van der Waals surface area contributed by atoms with Crippen LogP contribution < -0.4 is 16.0 Å². The normalized spacial score (nSPS) is 10.2. The van der Waals surface area contributed by atoms with Gasteiger partial charge in [0, 0.05) is 17.1 Å². The molecule has 0 fully saturated rings. The number of aromatic nitrogens is 3. The smallest absolute Gasteiger partial charge is 0.182 e. The summed E-state index contributed by atoms with van der Waals surface area (Å²) in [7, 11) is 0. The fourth-order valence-electron chi connectivity index (χ4n) is 2.60. The first kappa shape index (κ1) is 16.5. The van der Waals surface area contributed by atoms with Crippen LogP contribution in [-0.2, 0) is 0 Å². The van der Waals surface area contributed by atoms with Crippen LogP contribution in [0.15, 0.2) is 91.0 Å². The van der Waals surface area contributed by atoms with E-state index >= 15 is 0 Å². The van der Waals surface area contributed by atoms with Crippen LogP contribution in [-0.4, -0.2) is 15.4 Å². The molecule has 4 aromatic rings. The first-order valence-electron chi connectivity index (χ1n) is 8.58. The molecule has 0 radical (unpaired) electrons. The number of hydrogen-bond donors (Lipinski definition) is 3. The van der Waals surface area contributed by atoms with Crippen LogP contribution in [0, 0.1) is 0 Å². The minimum Gasteiger partial charge on any atom is -0.349 e. The summed E-state index contributed by atoms with van der Waals surface area (Å²) < 4.78 is 0. The summed E-state index contributed by atoms with van der Waals surface area (Å²) in [5.74, 6) is 1.16. The first-order valence-corrected chi connectivity index (χ1v) is 8.58. The monoisotopic (exact) mass is 354 g/mol. The third-order valence-electron chi connectivity index (χ3n) is 3.88. The maximum Gasteiger partial charge on any atom is 0.182 e. The van der Waals surface area contributed by atoms with Gasteiger partial charge in [0.25, 0.3) is 0 Å². The van der Waals surface area contributed by atoms with E-state index in [2.05, 4.69) is 31.4 Å². The van der Waals surface area contributed by atoms with E-state index in [9.17, 15) is 0 Å². The Bertz CT molecular complexity index is 931. The van der Waals surface area contributed by atoms with Crippen molar-refractivity contribution in [1.29, 1.82) is 0 Å². The lowest BCUT2D eigenvalue weighted by molar-refractivity contribution is 0.879. The van der Waals surface area contributed by atoms with Crippen molar-refractivity contribution in [3.05, 3.63) is 91.0 Å². The number of nitrogens with one attached hydrogen (secondary N) is 3. The third-order valence-corrected chi connectivity index (χ3v) is 3.88. The molecule has 0 saturated carbocycles. The van der Waals surface area contributed by atoms with Crippen molar-refractivity contribution < 1.29 is 0 Å². The Morgan fingerprint density at radius 3 is 1.22 bits per heavy atom. The molecule has 0 atom stereocenters. The largest absolute Gasteiger partial charge is 0.349 e. The molecule has 0 aliphatic heterocycles. The molecule has 0 amide bonds. The summed E-state index contributed by atoms with van der Waals surface area (Å²) in [4.78, 5) is 0. The van der Waals surface area contributed by atoms with Crippen LogP contribution >= 0.6 is 0 Å². The van der Waals surface area contributed by atoms with Crippen molar-refractivity contribution in [1.82, 2.24) is 15.4 Å². The van der Waals surface area contributed by atoms with Crippen molar-refractivity contribution in [2.45, 2.75) is 0 Å². The minimum atomic E-state index is 0.582. The van der Waals surface area contributed by atoms with Crippen LogP contribution in [0.25, 0.3) is 0 Å².